The van der Waals surface area contributed by atoms with Crippen molar-refractivity contribution in [1.82, 2.24) is 5.01 Å². The summed E-state index contributed by atoms with van der Waals surface area (Å²) in [5.41, 5.74) is 5.86. The molecule has 5 nitrogen and oxygen atoms in total. The van der Waals surface area contributed by atoms with E-state index >= 15 is 0 Å². The van der Waals surface area contributed by atoms with E-state index in [0.29, 0.717) is 6.61 Å². The van der Waals surface area contributed by atoms with Crippen molar-refractivity contribution in [3.63, 3.8) is 0 Å². The number of nitrogens with zero attached hydrogens (tertiary/aromatic N) is 2. The zero-order valence-corrected chi connectivity index (χ0v) is 7.07. The van der Waals surface area contributed by atoms with Gasteiger partial charge in [-0.05, 0) is 6.92 Å². The van der Waals surface area contributed by atoms with Gasteiger partial charge in [0.1, 0.15) is 17.7 Å². The Balaban J connectivity index is 2.86. The van der Waals surface area contributed by atoms with Gasteiger partial charge in [0.2, 0.25) is 5.90 Å². The molecule has 0 aromatic carbocycles. The van der Waals surface area contributed by atoms with Gasteiger partial charge in [-0.25, -0.2) is 4.79 Å². The fourth-order valence-electron chi connectivity index (χ4n) is 0.920. The van der Waals surface area contributed by atoms with Crippen LogP contribution in [0.3, 0.4) is 0 Å². The number of hydrazone groups is 1. The first-order valence-electron chi connectivity index (χ1n) is 3.66. The lowest BCUT2D eigenvalue weighted by atomic mass is 10.2. The molecule has 0 spiro atoms. The first-order chi connectivity index (χ1) is 5.70. The Labute approximate surface area is 70.5 Å². The van der Waals surface area contributed by atoms with E-state index in [-0.39, 0.29) is 11.5 Å². The van der Waals surface area contributed by atoms with Gasteiger partial charge in [0, 0.05) is 7.05 Å². The summed E-state index contributed by atoms with van der Waals surface area (Å²) in [5.74, 6) is 2.00. The molecule has 0 saturated carbocycles. The molecule has 5 heteroatoms. The fraction of sp³-hybridized carbons (Fsp3) is 0.571. The van der Waals surface area contributed by atoms with Crippen LogP contribution in [0.2, 0.25) is 0 Å². The number of ether oxygens (including phenoxy) is 1. The van der Waals surface area contributed by atoms with E-state index in [4.69, 9.17) is 10.5 Å². The summed E-state index contributed by atoms with van der Waals surface area (Å²) in [5, 5.41) is 5.38. The van der Waals surface area contributed by atoms with Crippen molar-refractivity contribution in [2.45, 2.75) is 13.1 Å². The Morgan fingerprint density at radius 1 is 1.83 bits per heavy atom. The summed E-state index contributed by atoms with van der Waals surface area (Å²) < 4.78 is 5.08. The molecule has 0 aliphatic carbocycles. The predicted molar refractivity (Wildman–Crippen MR) is 44.0 cm³/mol. The molecule has 1 atom stereocenters. The summed E-state index contributed by atoms with van der Waals surface area (Å²) in [7, 11) is 1.67. The van der Waals surface area contributed by atoms with Gasteiger partial charge in [0.15, 0.2) is 0 Å². The summed E-state index contributed by atoms with van der Waals surface area (Å²) in [6.45, 7) is 2.28. The first kappa shape index (κ1) is 8.77. The molecule has 1 aliphatic heterocycles. The quantitative estimate of drug-likeness (QED) is 0.528. The van der Waals surface area contributed by atoms with Crippen LogP contribution in [-0.2, 0) is 9.53 Å². The highest BCUT2D eigenvalue weighted by Crippen LogP contribution is 2.13. The van der Waals surface area contributed by atoms with Crippen molar-refractivity contribution in [2.75, 3.05) is 13.7 Å². The van der Waals surface area contributed by atoms with Gasteiger partial charge < -0.3 is 10.5 Å². The van der Waals surface area contributed by atoms with E-state index in [1.54, 1.807) is 13.0 Å². The van der Waals surface area contributed by atoms with E-state index in [9.17, 15) is 4.79 Å². The Kier molecular flexibility index (Phi) is 2.47. The van der Waals surface area contributed by atoms with Crippen molar-refractivity contribution < 1.29 is 9.53 Å². The molecule has 1 heterocycles. The highest BCUT2D eigenvalue weighted by atomic mass is 16.5. The van der Waals surface area contributed by atoms with E-state index in [1.165, 1.54) is 5.01 Å². The number of carbonyl (C=O) groups excluding carboxylic acids is 1. The summed E-state index contributed by atoms with van der Waals surface area (Å²) in [6.07, 6.45) is -0.524. The van der Waals surface area contributed by atoms with Crippen LogP contribution in [0.4, 0.5) is 0 Å². The molecule has 0 saturated heterocycles. The molecule has 0 fully saturated rings. The van der Waals surface area contributed by atoms with Crippen molar-refractivity contribution in [1.29, 1.82) is 0 Å². The highest BCUT2D eigenvalue weighted by molar-refractivity contribution is 6.03. The van der Waals surface area contributed by atoms with Crippen molar-refractivity contribution in [3.8, 4) is 0 Å². The maximum atomic E-state index is 10.4. The SMILES string of the molecule is CCOC1=NN(C)C(N)C1=C=O. The number of nitrogens with two attached hydrogens (primary N) is 1. The molecular weight excluding hydrogens is 158 g/mol. The second-order valence-corrected chi connectivity index (χ2v) is 2.37. The average Bonchev–Trinajstić information content (AvgIpc) is 2.29. The standard InChI is InChI=1S/C7H11N3O2/c1-3-12-7-5(4-11)6(8)10(2)9-7/h6H,3,8H2,1-2H3. The van der Waals surface area contributed by atoms with Crippen LogP contribution in [0.25, 0.3) is 0 Å². The highest BCUT2D eigenvalue weighted by Gasteiger charge is 2.28. The molecule has 1 rings (SSSR count). The lowest BCUT2D eigenvalue weighted by molar-refractivity contribution is 0.303. The summed E-state index contributed by atoms with van der Waals surface area (Å²) in [6, 6.07) is 0. The third-order valence-corrected chi connectivity index (χ3v) is 1.57. The van der Waals surface area contributed by atoms with Crippen molar-refractivity contribution in [2.24, 2.45) is 10.8 Å². The average molecular weight is 169 g/mol. The molecule has 2 N–H and O–H groups in total. The summed E-state index contributed by atoms with van der Waals surface area (Å²) >= 11 is 0. The van der Waals surface area contributed by atoms with Crippen LogP contribution in [0.1, 0.15) is 6.92 Å². The Morgan fingerprint density at radius 3 is 3.00 bits per heavy atom. The molecule has 0 bridgehead atoms. The van der Waals surface area contributed by atoms with Crippen molar-refractivity contribution >= 4 is 11.8 Å². The second-order valence-electron chi connectivity index (χ2n) is 2.37. The molecule has 1 aliphatic rings. The molecule has 0 amide bonds. The van der Waals surface area contributed by atoms with Crippen LogP contribution in [0.5, 0.6) is 0 Å². The van der Waals surface area contributed by atoms with Gasteiger partial charge in [-0.2, -0.15) is 0 Å². The molecule has 66 valence electrons. The maximum Gasteiger partial charge on any atom is 0.248 e. The monoisotopic (exact) mass is 169 g/mol. The number of rotatable bonds is 1. The zero-order valence-electron chi connectivity index (χ0n) is 7.07. The molecular formula is C7H11N3O2. The topological polar surface area (TPSA) is 67.9 Å². The van der Waals surface area contributed by atoms with E-state index < -0.39 is 6.17 Å². The first-order valence-corrected chi connectivity index (χ1v) is 3.66. The van der Waals surface area contributed by atoms with Gasteiger partial charge in [0.25, 0.3) is 0 Å². The third kappa shape index (κ3) is 1.32. The third-order valence-electron chi connectivity index (χ3n) is 1.57. The van der Waals surface area contributed by atoms with E-state index in [2.05, 4.69) is 5.10 Å². The van der Waals surface area contributed by atoms with Crippen LogP contribution >= 0.6 is 0 Å². The van der Waals surface area contributed by atoms with Crippen LogP contribution < -0.4 is 5.73 Å². The lowest BCUT2D eigenvalue weighted by Gasteiger charge is -2.10. The minimum absolute atomic E-state index is 0.277. The van der Waals surface area contributed by atoms with Crippen molar-refractivity contribution in [3.05, 3.63) is 5.57 Å². The molecule has 1 unspecified atom stereocenters. The Hall–Kier alpha value is -1.32. The van der Waals surface area contributed by atoms with E-state index in [0.717, 1.165) is 0 Å². The van der Waals surface area contributed by atoms with Crippen LogP contribution in [-0.4, -0.2) is 36.7 Å². The normalized spacial score (nSPS) is 22.2. The fourth-order valence-corrected chi connectivity index (χ4v) is 0.920. The molecule has 0 aromatic heterocycles. The Morgan fingerprint density at radius 2 is 2.50 bits per heavy atom. The van der Waals surface area contributed by atoms with Gasteiger partial charge in [-0.1, -0.05) is 0 Å². The molecule has 12 heavy (non-hydrogen) atoms. The number of hydrogen-bond acceptors (Lipinski definition) is 5. The lowest BCUT2D eigenvalue weighted by Crippen LogP contribution is -2.34. The summed E-state index contributed by atoms with van der Waals surface area (Å²) in [4.78, 5) is 10.4. The smallest absolute Gasteiger partial charge is 0.248 e. The largest absolute Gasteiger partial charge is 0.476 e. The maximum absolute atomic E-state index is 10.4. The second kappa shape index (κ2) is 3.38. The Bertz CT molecular complexity index is 255. The van der Waals surface area contributed by atoms with E-state index in [1.807, 2.05) is 6.92 Å². The molecule has 0 radical (unpaired) electrons. The molecule has 0 aromatic rings. The minimum atomic E-state index is -0.524. The van der Waals surface area contributed by atoms with Gasteiger partial charge in [-0.15, -0.1) is 5.10 Å². The van der Waals surface area contributed by atoms with Gasteiger partial charge in [-0.3, -0.25) is 5.01 Å². The number of likely N-dealkylation sites (N-methyl/N-ethyl adjacent to an activating group) is 1. The van der Waals surface area contributed by atoms with Gasteiger partial charge in [0.05, 0.1) is 6.61 Å². The van der Waals surface area contributed by atoms with Crippen LogP contribution in [0, 0.1) is 0 Å². The van der Waals surface area contributed by atoms with Gasteiger partial charge >= 0.3 is 0 Å². The van der Waals surface area contributed by atoms with Crippen LogP contribution in [0.15, 0.2) is 10.7 Å². The minimum Gasteiger partial charge on any atom is -0.476 e. The number of hydrogen-bond donors (Lipinski definition) is 1. The predicted octanol–water partition coefficient (Wildman–Crippen LogP) is -0.675. The zero-order chi connectivity index (χ0) is 9.14.